The molecular weight excluding hydrogens is 214 g/mol. The van der Waals surface area contributed by atoms with Gasteiger partial charge in [0.1, 0.15) is 12.2 Å². The van der Waals surface area contributed by atoms with Gasteiger partial charge in [0, 0.05) is 18.3 Å². The average Bonchev–Trinajstić information content (AvgIpc) is 2.98. The zero-order valence-corrected chi connectivity index (χ0v) is 9.27. The Labute approximate surface area is 98.3 Å². The molecule has 1 aromatic carbocycles. The van der Waals surface area contributed by atoms with Crippen LogP contribution in [0.1, 0.15) is 11.4 Å². The standard InChI is InChI=1S/C12H13N5/c1-2-11-10(3-4-14-11)5-9(1)6-13-7-12-15-8-16-17-12/h1-5,8,13-14H,6-7H2,(H,15,16,17). The largest absolute Gasteiger partial charge is 0.361 e. The van der Waals surface area contributed by atoms with Gasteiger partial charge in [-0.15, -0.1) is 0 Å². The Morgan fingerprint density at radius 3 is 3.06 bits per heavy atom. The summed E-state index contributed by atoms with van der Waals surface area (Å²) in [6, 6.07) is 8.47. The lowest BCUT2D eigenvalue weighted by molar-refractivity contribution is 0.665. The van der Waals surface area contributed by atoms with E-state index in [4.69, 9.17) is 0 Å². The Balaban J connectivity index is 1.64. The minimum absolute atomic E-state index is 0.700. The van der Waals surface area contributed by atoms with Crippen molar-refractivity contribution in [2.45, 2.75) is 13.1 Å². The van der Waals surface area contributed by atoms with E-state index in [0.29, 0.717) is 6.54 Å². The maximum Gasteiger partial charge on any atom is 0.138 e. The summed E-state index contributed by atoms with van der Waals surface area (Å²) in [6.45, 7) is 1.52. The highest BCUT2D eigenvalue weighted by molar-refractivity contribution is 5.79. The maximum absolute atomic E-state index is 4.05. The Hall–Kier alpha value is -2.14. The van der Waals surface area contributed by atoms with Gasteiger partial charge in [0.25, 0.3) is 0 Å². The monoisotopic (exact) mass is 227 g/mol. The number of hydrogen-bond donors (Lipinski definition) is 3. The summed E-state index contributed by atoms with van der Waals surface area (Å²) in [4.78, 5) is 7.24. The van der Waals surface area contributed by atoms with Crippen molar-refractivity contribution in [2.75, 3.05) is 0 Å². The molecule has 0 saturated carbocycles. The van der Waals surface area contributed by atoms with Gasteiger partial charge in [-0.1, -0.05) is 6.07 Å². The lowest BCUT2D eigenvalue weighted by Gasteiger charge is -2.03. The molecule has 0 aliphatic heterocycles. The van der Waals surface area contributed by atoms with Crippen molar-refractivity contribution in [1.82, 2.24) is 25.5 Å². The summed E-state index contributed by atoms with van der Waals surface area (Å²) in [5.74, 6) is 0.854. The molecule has 0 radical (unpaired) electrons. The Morgan fingerprint density at radius 2 is 2.18 bits per heavy atom. The van der Waals surface area contributed by atoms with E-state index in [1.807, 2.05) is 6.20 Å². The second-order valence-electron chi connectivity index (χ2n) is 3.93. The van der Waals surface area contributed by atoms with E-state index in [1.165, 1.54) is 22.8 Å². The van der Waals surface area contributed by atoms with Crippen molar-refractivity contribution in [3.8, 4) is 0 Å². The van der Waals surface area contributed by atoms with Crippen LogP contribution in [0.15, 0.2) is 36.8 Å². The number of rotatable bonds is 4. The summed E-state index contributed by atoms with van der Waals surface area (Å²) in [6.07, 6.45) is 3.47. The van der Waals surface area contributed by atoms with Crippen molar-refractivity contribution in [1.29, 1.82) is 0 Å². The van der Waals surface area contributed by atoms with Crippen LogP contribution in [0.4, 0.5) is 0 Å². The van der Waals surface area contributed by atoms with Gasteiger partial charge >= 0.3 is 0 Å². The molecule has 0 aliphatic rings. The highest BCUT2D eigenvalue weighted by atomic mass is 15.2. The fourth-order valence-electron chi connectivity index (χ4n) is 1.85. The van der Waals surface area contributed by atoms with Gasteiger partial charge in [0.15, 0.2) is 0 Å². The van der Waals surface area contributed by atoms with E-state index in [0.717, 1.165) is 12.4 Å². The molecular formula is C12H13N5. The predicted molar refractivity (Wildman–Crippen MR) is 65.2 cm³/mol. The number of nitrogens with one attached hydrogen (secondary N) is 3. The molecule has 0 aliphatic carbocycles. The number of aromatic amines is 2. The lowest BCUT2D eigenvalue weighted by Crippen LogP contribution is -2.13. The molecule has 5 heteroatoms. The third-order valence-corrected chi connectivity index (χ3v) is 2.70. The SMILES string of the molecule is c1n[nH]c(CNCc2ccc3[nH]ccc3c2)n1. The predicted octanol–water partition coefficient (Wildman–Crippen LogP) is 1.58. The fraction of sp³-hybridized carbons (Fsp3) is 0.167. The number of nitrogens with zero attached hydrogens (tertiary/aromatic N) is 2. The normalized spacial score (nSPS) is 11.1. The summed E-state index contributed by atoms with van der Waals surface area (Å²) >= 11 is 0. The van der Waals surface area contributed by atoms with Gasteiger partial charge < -0.3 is 10.3 Å². The summed E-state index contributed by atoms with van der Waals surface area (Å²) in [5.41, 5.74) is 2.43. The van der Waals surface area contributed by atoms with Crippen LogP contribution in [0.25, 0.3) is 10.9 Å². The molecule has 3 rings (SSSR count). The molecule has 3 aromatic rings. The fourth-order valence-corrected chi connectivity index (χ4v) is 1.85. The van der Waals surface area contributed by atoms with Crippen LogP contribution >= 0.6 is 0 Å². The second-order valence-corrected chi connectivity index (χ2v) is 3.93. The Bertz CT molecular complexity index is 596. The van der Waals surface area contributed by atoms with Gasteiger partial charge in [0.2, 0.25) is 0 Å². The summed E-state index contributed by atoms with van der Waals surface area (Å²) < 4.78 is 0. The second kappa shape index (κ2) is 4.39. The molecule has 5 nitrogen and oxygen atoms in total. The molecule has 86 valence electrons. The molecule has 0 bridgehead atoms. The highest BCUT2D eigenvalue weighted by Gasteiger charge is 1.98. The molecule has 0 atom stereocenters. The minimum atomic E-state index is 0.700. The molecule has 2 heterocycles. The first-order chi connectivity index (χ1) is 8.42. The molecule has 0 unspecified atom stereocenters. The van der Waals surface area contributed by atoms with Gasteiger partial charge in [-0.3, -0.25) is 5.10 Å². The molecule has 3 N–H and O–H groups in total. The first kappa shape index (κ1) is 10.0. The van der Waals surface area contributed by atoms with Gasteiger partial charge in [-0.2, -0.15) is 5.10 Å². The highest BCUT2D eigenvalue weighted by Crippen LogP contribution is 2.13. The van der Waals surface area contributed by atoms with E-state index in [9.17, 15) is 0 Å². The molecule has 0 amide bonds. The van der Waals surface area contributed by atoms with Crippen LogP contribution < -0.4 is 5.32 Å². The van der Waals surface area contributed by atoms with Crippen LogP contribution in [0.3, 0.4) is 0 Å². The molecule has 0 saturated heterocycles. The van der Waals surface area contributed by atoms with E-state index in [1.54, 1.807) is 0 Å². The van der Waals surface area contributed by atoms with E-state index >= 15 is 0 Å². The zero-order valence-electron chi connectivity index (χ0n) is 9.27. The summed E-state index contributed by atoms with van der Waals surface area (Å²) in [7, 11) is 0. The Kier molecular flexibility index (Phi) is 2.59. The van der Waals surface area contributed by atoms with Crippen LogP contribution in [-0.2, 0) is 13.1 Å². The van der Waals surface area contributed by atoms with Crippen molar-refractivity contribution in [2.24, 2.45) is 0 Å². The van der Waals surface area contributed by atoms with Crippen LogP contribution in [0.5, 0.6) is 0 Å². The Morgan fingerprint density at radius 1 is 1.18 bits per heavy atom. The minimum Gasteiger partial charge on any atom is -0.361 e. The van der Waals surface area contributed by atoms with Crippen LogP contribution in [0.2, 0.25) is 0 Å². The number of aromatic nitrogens is 4. The smallest absolute Gasteiger partial charge is 0.138 e. The molecule has 0 spiro atoms. The average molecular weight is 227 g/mol. The zero-order chi connectivity index (χ0) is 11.5. The van der Waals surface area contributed by atoms with E-state index in [-0.39, 0.29) is 0 Å². The third kappa shape index (κ3) is 2.19. The number of hydrogen-bond acceptors (Lipinski definition) is 3. The maximum atomic E-state index is 4.05. The van der Waals surface area contributed by atoms with Gasteiger partial charge in [-0.05, 0) is 29.1 Å². The first-order valence-electron chi connectivity index (χ1n) is 5.53. The number of fused-ring (bicyclic) bond motifs is 1. The van der Waals surface area contributed by atoms with E-state index in [2.05, 4.69) is 49.7 Å². The van der Waals surface area contributed by atoms with Crippen LogP contribution in [0, 0.1) is 0 Å². The number of H-pyrrole nitrogens is 2. The third-order valence-electron chi connectivity index (χ3n) is 2.70. The summed E-state index contributed by atoms with van der Waals surface area (Å²) in [5, 5.41) is 11.2. The first-order valence-corrected chi connectivity index (χ1v) is 5.53. The van der Waals surface area contributed by atoms with Gasteiger partial charge in [0.05, 0.1) is 6.54 Å². The molecule has 17 heavy (non-hydrogen) atoms. The van der Waals surface area contributed by atoms with Crippen molar-refractivity contribution in [3.05, 3.63) is 48.2 Å². The van der Waals surface area contributed by atoms with Gasteiger partial charge in [-0.25, -0.2) is 4.98 Å². The lowest BCUT2D eigenvalue weighted by atomic mass is 10.1. The van der Waals surface area contributed by atoms with Crippen molar-refractivity contribution < 1.29 is 0 Å². The van der Waals surface area contributed by atoms with Crippen molar-refractivity contribution in [3.63, 3.8) is 0 Å². The number of benzene rings is 1. The quantitative estimate of drug-likeness (QED) is 0.633. The van der Waals surface area contributed by atoms with E-state index < -0.39 is 0 Å². The molecule has 0 fully saturated rings. The molecule has 2 aromatic heterocycles. The topological polar surface area (TPSA) is 69.4 Å². The van der Waals surface area contributed by atoms with Crippen LogP contribution in [-0.4, -0.2) is 20.2 Å². The van der Waals surface area contributed by atoms with Crippen molar-refractivity contribution >= 4 is 10.9 Å².